The van der Waals surface area contributed by atoms with Crippen LogP contribution in [0.2, 0.25) is 0 Å². The van der Waals surface area contributed by atoms with E-state index in [1.54, 1.807) is 38.3 Å². The van der Waals surface area contributed by atoms with Crippen molar-refractivity contribution >= 4 is 17.4 Å². The molecule has 2 heterocycles. The Labute approximate surface area is 232 Å². The van der Waals surface area contributed by atoms with Gasteiger partial charge in [0, 0.05) is 75.4 Å². The monoisotopic (exact) mass is 551 g/mol. The third-order valence-corrected chi connectivity index (χ3v) is 7.04. The summed E-state index contributed by atoms with van der Waals surface area (Å²) in [5, 5.41) is 0. The summed E-state index contributed by atoms with van der Waals surface area (Å²) in [6.07, 6.45) is -2.92. The number of amides is 1. The molecule has 0 unspecified atom stereocenters. The highest BCUT2D eigenvalue weighted by atomic mass is 19.4. The number of allylic oxidation sites excluding steroid dienone is 1. The summed E-state index contributed by atoms with van der Waals surface area (Å²) in [5.41, 5.74) is 2.74. The van der Waals surface area contributed by atoms with E-state index in [9.17, 15) is 22.8 Å². The highest BCUT2D eigenvalue weighted by Gasteiger charge is 2.34. The van der Waals surface area contributed by atoms with E-state index < -0.39 is 11.7 Å². The van der Waals surface area contributed by atoms with Gasteiger partial charge < -0.3 is 14.5 Å². The van der Waals surface area contributed by atoms with Gasteiger partial charge in [0.25, 0.3) is 0 Å². The van der Waals surface area contributed by atoms with Crippen LogP contribution in [0.1, 0.15) is 40.6 Å². The Hall–Kier alpha value is -4.14. The van der Waals surface area contributed by atoms with E-state index in [-0.39, 0.29) is 30.2 Å². The number of aromatic nitrogens is 1. The molecule has 4 rings (SSSR count). The van der Waals surface area contributed by atoms with E-state index in [4.69, 9.17) is 4.74 Å². The number of nitrogens with zero attached hydrogens (tertiary/aromatic N) is 3. The first-order valence-corrected chi connectivity index (χ1v) is 13.0. The number of hydrogen-bond donors (Lipinski definition) is 0. The smallest absolute Gasteiger partial charge is 0.418 e. The van der Waals surface area contributed by atoms with Crippen molar-refractivity contribution in [1.82, 2.24) is 9.88 Å². The third kappa shape index (κ3) is 7.08. The van der Waals surface area contributed by atoms with E-state index >= 15 is 0 Å². The molecule has 1 amide bonds. The summed E-state index contributed by atoms with van der Waals surface area (Å²) >= 11 is 0. The van der Waals surface area contributed by atoms with E-state index in [0.29, 0.717) is 55.2 Å². The molecule has 1 aromatic heterocycles. The Balaban J connectivity index is 1.57. The largest absolute Gasteiger partial charge is 0.496 e. The molecule has 1 aliphatic heterocycles. The highest BCUT2D eigenvalue weighted by molar-refractivity contribution is 5.90. The summed E-state index contributed by atoms with van der Waals surface area (Å²) in [6.45, 7) is 7.73. The van der Waals surface area contributed by atoms with Crippen LogP contribution < -0.4 is 9.64 Å². The first kappa shape index (κ1) is 28.9. The van der Waals surface area contributed by atoms with Crippen molar-refractivity contribution in [3.05, 3.63) is 101 Å². The number of rotatable bonds is 9. The Morgan fingerprint density at radius 2 is 1.73 bits per heavy atom. The molecule has 0 bridgehead atoms. The number of pyridine rings is 1. The zero-order valence-electron chi connectivity index (χ0n) is 22.6. The van der Waals surface area contributed by atoms with E-state index in [1.807, 2.05) is 23.1 Å². The van der Waals surface area contributed by atoms with Gasteiger partial charge in [0.05, 0.1) is 18.4 Å². The van der Waals surface area contributed by atoms with Gasteiger partial charge in [-0.2, -0.15) is 13.2 Å². The molecule has 0 saturated carbocycles. The zero-order valence-corrected chi connectivity index (χ0v) is 22.6. The first-order chi connectivity index (χ1) is 19.1. The summed E-state index contributed by atoms with van der Waals surface area (Å²) in [5.74, 6) is 0.521. The lowest BCUT2D eigenvalue weighted by molar-refractivity contribution is -0.138. The molecule has 3 aromatic rings. The molecule has 9 heteroatoms. The molecule has 1 saturated heterocycles. The van der Waals surface area contributed by atoms with Crippen LogP contribution in [0.25, 0.3) is 0 Å². The minimum atomic E-state index is -4.55. The number of ether oxygens (including phenoxy) is 1. The van der Waals surface area contributed by atoms with E-state index in [1.165, 1.54) is 12.1 Å². The van der Waals surface area contributed by atoms with Crippen LogP contribution in [-0.2, 0) is 35.0 Å². The molecule has 6 nitrogen and oxygen atoms in total. The molecule has 40 heavy (non-hydrogen) atoms. The molecule has 2 aromatic carbocycles. The van der Waals surface area contributed by atoms with Gasteiger partial charge in [-0.05, 0) is 35.4 Å². The fourth-order valence-electron chi connectivity index (χ4n) is 4.90. The van der Waals surface area contributed by atoms with Gasteiger partial charge in [-0.3, -0.25) is 14.6 Å². The summed E-state index contributed by atoms with van der Waals surface area (Å²) < 4.78 is 47.3. The van der Waals surface area contributed by atoms with E-state index in [2.05, 4.69) is 16.5 Å². The van der Waals surface area contributed by atoms with Crippen LogP contribution in [-0.4, -0.2) is 54.9 Å². The Kier molecular flexibility index (Phi) is 8.92. The molecular weight excluding hydrogens is 519 g/mol. The highest BCUT2D eigenvalue weighted by Crippen LogP contribution is 2.34. The van der Waals surface area contributed by atoms with Crippen molar-refractivity contribution in [1.29, 1.82) is 0 Å². The van der Waals surface area contributed by atoms with Crippen LogP contribution in [0.3, 0.4) is 0 Å². The number of hydrogen-bond acceptors (Lipinski definition) is 5. The number of alkyl halides is 3. The fraction of sp³-hybridized carbons (Fsp3) is 0.323. The van der Waals surface area contributed by atoms with Crippen molar-refractivity contribution in [3.8, 4) is 5.75 Å². The van der Waals surface area contributed by atoms with E-state index in [0.717, 1.165) is 17.3 Å². The molecule has 0 radical (unpaired) electrons. The molecule has 0 spiro atoms. The lowest BCUT2D eigenvalue weighted by Gasteiger charge is -2.35. The molecule has 0 atom stereocenters. The molecule has 0 N–H and O–H groups in total. The van der Waals surface area contributed by atoms with Gasteiger partial charge in [0.2, 0.25) is 5.91 Å². The molecular formula is C31H32F3N3O3. The lowest BCUT2D eigenvalue weighted by Crippen LogP contribution is -2.48. The topological polar surface area (TPSA) is 62.7 Å². The SMILES string of the molecule is C=CC(=O)Cc1cccc(Cc2nc(Cc3ccc(N4CCN(C(C)=O)CC4)cc3OC)ccc2C(F)(F)F)c1. The van der Waals surface area contributed by atoms with Crippen LogP contribution >= 0.6 is 0 Å². The van der Waals surface area contributed by atoms with Gasteiger partial charge in [-0.25, -0.2) is 0 Å². The van der Waals surface area contributed by atoms with Crippen LogP contribution in [0.5, 0.6) is 5.75 Å². The normalized spacial score (nSPS) is 13.7. The number of anilines is 1. The quantitative estimate of drug-likeness (QED) is 0.340. The van der Waals surface area contributed by atoms with Crippen molar-refractivity contribution in [2.45, 2.75) is 32.4 Å². The second-order valence-corrected chi connectivity index (χ2v) is 9.80. The summed E-state index contributed by atoms with van der Waals surface area (Å²) in [6, 6.07) is 15.2. The Morgan fingerprint density at radius 1 is 1.00 bits per heavy atom. The van der Waals surface area contributed by atoms with Gasteiger partial charge in [-0.1, -0.05) is 36.9 Å². The van der Waals surface area contributed by atoms with Gasteiger partial charge in [-0.15, -0.1) is 0 Å². The second kappa shape index (κ2) is 12.4. The van der Waals surface area contributed by atoms with Crippen LogP contribution in [0.4, 0.5) is 18.9 Å². The molecule has 1 aliphatic rings. The number of piperazine rings is 1. The number of ketones is 1. The predicted molar refractivity (Wildman–Crippen MR) is 148 cm³/mol. The van der Waals surface area contributed by atoms with Crippen molar-refractivity contribution in [2.75, 3.05) is 38.2 Å². The third-order valence-electron chi connectivity index (χ3n) is 7.04. The van der Waals surface area contributed by atoms with Gasteiger partial charge in [0.15, 0.2) is 5.78 Å². The number of halogens is 3. The maximum absolute atomic E-state index is 13.9. The van der Waals surface area contributed by atoms with Crippen molar-refractivity contribution in [3.63, 3.8) is 0 Å². The number of methoxy groups -OCH3 is 1. The first-order valence-electron chi connectivity index (χ1n) is 13.0. The zero-order chi connectivity index (χ0) is 28.9. The lowest BCUT2D eigenvalue weighted by atomic mass is 9.99. The summed E-state index contributed by atoms with van der Waals surface area (Å²) in [4.78, 5) is 31.8. The number of carbonyl (C=O) groups is 2. The standard InChI is InChI=1S/C31H32F3N3O3/c1-4-27(39)17-22-6-5-7-23(16-22)18-29-28(31(32,33)34)11-9-25(35-29)19-24-8-10-26(20-30(24)40-3)37-14-12-36(13-15-37)21(2)38/h4-11,16,20H,1,12-15,17-19H2,2-3H3. The Bertz CT molecular complexity index is 1400. The van der Waals surface area contributed by atoms with Crippen molar-refractivity contribution in [2.24, 2.45) is 0 Å². The second-order valence-electron chi connectivity index (χ2n) is 9.80. The molecule has 0 aliphatic carbocycles. The number of benzene rings is 2. The average Bonchev–Trinajstić information content (AvgIpc) is 2.93. The van der Waals surface area contributed by atoms with Crippen LogP contribution in [0.15, 0.2) is 67.3 Å². The van der Waals surface area contributed by atoms with Gasteiger partial charge in [0.1, 0.15) is 5.75 Å². The maximum Gasteiger partial charge on any atom is 0.418 e. The maximum atomic E-state index is 13.9. The van der Waals surface area contributed by atoms with Crippen molar-refractivity contribution < 1.29 is 27.5 Å². The minimum absolute atomic E-state index is 0.0267. The van der Waals surface area contributed by atoms with Crippen LogP contribution in [0, 0.1) is 0 Å². The summed E-state index contributed by atoms with van der Waals surface area (Å²) in [7, 11) is 1.56. The predicted octanol–water partition coefficient (Wildman–Crippen LogP) is 5.26. The minimum Gasteiger partial charge on any atom is -0.496 e. The van der Waals surface area contributed by atoms with Gasteiger partial charge >= 0.3 is 6.18 Å². The number of carbonyl (C=O) groups excluding carboxylic acids is 2. The fourth-order valence-corrected chi connectivity index (χ4v) is 4.90. The Morgan fingerprint density at radius 3 is 2.38 bits per heavy atom. The molecule has 210 valence electrons. The molecule has 1 fully saturated rings. The average molecular weight is 552 g/mol.